The summed E-state index contributed by atoms with van der Waals surface area (Å²) in [5.74, 6) is -3.92. The van der Waals surface area contributed by atoms with E-state index in [9.17, 15) is 14.7 Å². The molecule has 6 heteroatoms. The van der Waals surface area contributed by atoms with Crippen molar-refractivity contribution >= 4 is 29.1 Å². The highest BCUT2D eigenvalue weighted by molar-refractivity contribution is 6.30. The van der Waals surface area contributed by atoms with Gasteiger partial charge in [-0.2, -0.15) is 0 Å². The number of carboxylic acid groups (broad SMARTS) is 1. The largest absolute Gasteiger partial charge is 0.507 e. The molecule has 0 amide bonds. The Hall–Kier alpha value is -2.27. The molecule has 94 valence electrons. The van der Waals surface area contributed by atoms with Gasteiger partial charge in [0.1, 0.15) is 5.76 Å². The summed E-state index contributed by atoms with van der Waals surface area (Å²) in [5, 5.41) is 27.2. The van der Waals surface area contributed by atoms with Crippen LogP contribution in [0.2, 0.25) is 5.02 Å². The van der Waals surface area contributed by atoms with E-state index in [4.69, 9.17) is 21.8 Å². The fourth-order valence-electron chi connectivity index (χ4n) is 1.08. The van der Waals surface area contributed by atoms with Gasteiger partial charge in [0.05, 0.1) is 0 Å². The van der Waals surface area contributed by atoms with E-state index < -0.39 is 17.5 Å². The monoisotopic (exact) mass is 268 g/mol. The van der Waals surface area contributed by atoms with Crippen LogP contribution in [0.15, 0.2) is 42.2 Å². The zero-order chi connectivity index (χ0) is 13.7. The molecule has 1 aromatic carbocycles. The summed E-state index contributed by atoms with van der Waals surface area (Å²) in [6.45, 7) is 0. The Kier molecular flexibility index (Phi) is 4.51. The molecule has 0 bridgehead atoms. The van der Waals surface area contributed by atoms with Gasteiger partial charge < -0.3 is 15.3 Å². The zero-order valence-electron chi connectivity index (χ0n) is 9.00. The maximum absolute atomic E-state index is 11.2. The number of halogens is 1. The molecule has 0 aliphatic carbocycles. The number of carboxylic acids is 1. The third kappa shape index (κ3) is 3.95. The lowest BCUT2D eigenvalue weighted by Gasteiger charge is -1.99. The predicted molar refractivity (Wildman–Crippen MR) is 65.4 cm³/mol. The van der Waals surface area contributed by atoms with E-state index in [-0.39, 0.29) is 5.76 Å². The van der Waals surface area contributed by atoms with Gasteiger partial charge >= 0.3 is 5.97 Å². The van der Waals surface area contributed by atoms with Crippen LogP contribution in [0.4, 0.5) is 0 Å². The van der Waals surface area contributed by atoms with Gasteiger partial charge in [-0.05, 0) is 24.3 Å². The van der Waals surface area contributed by atoms with Gasteiger partial charge in [-0.1, -0.05) is 11.6 Å². The molecule has 5 nitrogen and oxygen atoms in total. The van der Waals surface area contributed by atoms with E-state index in [2.05, 4.69) is 0 Å². The number of hydrogen-bond donors (Lipinski definition) is 3. The molecule has 1 aromatic rings. The Morgan fingerprint density at radius 3 is 2.06 bits per heavy atom. The van der Waals surface area contributed by atoms with Crippen LogP contribution in [0.3, 0.4) is 0 Å². The Balaban J connectivity index is 2.90. The second-order valence-corrected chi connectivity index (χ2v) is 3.71. The fourth-order valence-corrected chi connectivity index (χ4v) is 1.20. The lowest BCUT2D eigenvalue weighted by atomic mass is 10.1. The second kappa shape index (κ2) is 5.88. The van der Waals surface area contributed by atoms with Crippen molar-refractivity contribution in [2.24, 2.45) is 0 Å². The molecule has 0 heterocycles. The number of rotatable bonds is 4. The minimum atomic E-state index is -1.62. The van der Waals surface area contributed by atoms with Crippen molar-refractivity contribution in [3.8, 4) is 0 Å². The molecule has 1 rings (SSSR count). The van der Waals surface area contributed by atoms with Crippen molar-refractivity contribution in [1.29, 1.82) is 0 Å². The topological polar surface area (TPSA) is 94.8 Å². The van der Waals surface area contributed by atoms with Crippen LogP contribution in [0.25, 0.3) is 5.76 Å². The number of aliphatic carboxylic acids is 1. The molecule has 0 saturated carbocycles. The van der Waals surface area contributed by atoms with Gasteiger partial charge in [0.2, 0.25) is 5.76 Å². The van der Waals surface area contributed by atoms with E-state index in [0.29, 0.717) is 16.7 Å². The van der Waals surface area contributed by atoms with Crippen LogP contribution < -0.4 is 0 Å². The van der Waals surface area contributed by atoms with Crippen LogP contribution in [0, 0.1) is 0 Å². The van der Waals surface area contributed by atoms with Gasteiger partial charge in [0.25, 0.3) is 0 Å². The minimum Gasteiger partial charge on any atom is -0.507 e. The van der Waals surface area contributed by atoms with E-state index in [0.717, 1.165) is 6.08 Å². The number of aliphatic hydroxyl groups excluding tert-OH is 2. The molecule has 18 heavy (non-hydrogen) atoms. The molecule has 0 spiro atoms. The fraction of sp³-hybridized carbons (Fsp3) is 0. The number of hydrogen-bond acceptors (Lipinski definition) is 4. The van der Waals surface area contributed by atoms with Gasteiger partial charge in [-0.25, -0.2) is 4.79 Å². The number of aliphatic hydroxyl groups is 2. The van der Waals surface area contributed by atoms with Gasteiger partial charge in [-0.15, -0.1) is 0 Å². The SMILES string of the molecule is O=C(/C=C(\O)C(=O)O)/C=C(\O)c1ccc(Cl)cc1. The van der Waals surface area contributed by atoms with E-state index >= 15 is 0 Å². The Morgan fingerprint density at radius 1 is 1.00 bits per heavy atom. The van der Waals surface area contributed by atoms with Crippen LogP contribution >= 0.6 is 11.6 Å². The van der Waals surface area contributed by atoms with E-state index in [1.54, 1.807) is 0 Å². The maximum atomic E-state index is 11.2. The molecule has 0 fully saturated rings. The van der Waals surface area contributed by atoms with Crippen LogP contribution in [-0.2, 0) is 9.59 Å². The molecule has 0 aliphatic rings. The number of benzene rings is 1. The number of carbonyl (C=O) groups is 2. The number of ketones is 1. The first-order valence-corrected chi connectivity index (χ1v) is 5.12. The summed E-state index contributed by atoms with van der Waals surface area (Å²) < 4.78 is 0. The third-order valence-corrected chi connectivity index (χ3v) is 2.17. The van der Waals surface area contributed by atoms with E-state index in [1.807, 2.05) is 0 Å². The molecule has 0 aliphatic heterocycles. The smallest absolute Gasteiger partial charge is 0.371 e. The molecular formula is C12H9ClO5. The first-order valence-electron chi connectivity index (χ1n) is 4.74. The van der Waals surface area contributed by atoms with Crippen molar-refractivity contribution in [2.75, 3.05) is 0 Å². The Labute approximate surface area is 107 Å². The lowest BCUT2D eigenvalue weighted by molar-refractivity contribution is -0.135. The molecule has 0 radical (unpaired) electrons. The molecule has 0 unspecified atom stereocenters. The Bertz CT molecular complexity index is 528. The quantitative estimate of drug-likeness (QED) is 0.575. The van der Waals surface area contributed by atoms with Crippen molar-refractivity contribution in [1.82, 2.24) is 0 Å². The minimum absolute atomic E-state index is 0.343. The first-order chi connectivity index (χ1) is 8.40. The molecular weight excluding hydrogens is 260 g/mol. The Morgan fingerprint density at radius 2 is 1.56 bits per heavy atom. The van der Waals surface area contributed by atoms with Crippen molar-refractivity contribution in [2.45, 2.75) is 0 Å². The standard InChI is InChI=1S/C12H9ClO5/c13-8-3-1-7(2-4-8)10(15)5-9(14)6-11(16)12(17)18/h1-6,15-16H,(H,17,18)/b10-5-,11-6-. The third-order valence-electron chi connectivity index (χ3n) is 1.92. The summed E-state index contributed by atoms with van der Waals surface area (Å²) in [4.78, 5) is 21.5. The maximum Gasteiger partial charge on any atom is 0.371 e. The summed E-state index contributed by atoms with van der Waals surface area (Å²) in [6.07, 6.45) is 1.29. The van der Waals surface area contributed by atoms with Crippen molar-refractivity contribution in [3.63, 3.8) is 0 Å². The average molecular weight is 269 g/mol. The summed E-state index contributed by atoms with van der Waals surface area (Å²) in [5.41, 5.74) is 0.343. The van der Waals surface area contributed by atoms with Gasteiger partial charge in [0.15, 0.2) is 5.78 Å². The van der Waals surface area contributed by atoms with Crippen molar-refractivity contribution in [3.05, 3.63) is 52.8 Å². The average Bonchev–Trinajstić information content (AvgIpc) is 2.29. The second-order valence-electron chi connectivity index (χ2n) is 3.27. The summed E-state index contributed by atoms with van der Waals surface area (Å²) in [7, 11) is 0. The van der Waals surface area contributed by atoms with Gasteiger partial charge in [0, 0.05) is 22.7 Å². The van der Waals surface area contributed by atoms with Gasteiger partial charge in [-0.3, -0.25) is 4.79 Å². The molecule has 0 aromatic heterocycles. The predicted octanol–water partition coefficient (Wildman–Crippen LogP) is 2.33. The lowest BCUT2D eigenvalue weighted by Crippen LogP contribution is -2.02. The highest BCUT2D eigenvalue weighted by Gasteiger charge is 2.07. The van der Waals surface area contributed by atoms with Crippen LogP contribution in [-0.4, -0.2) is 27.1 Å². The number of allylic oxidation sites excluding steroid dienone is 2. The summed E-state index contributed by atoms with van der Waals surface area (Å²) in [6, 6.07) is 6.02. The summed E-state index contributed by atoms with van der Waals surface area (Å²) >= 11 is 5.65. The van der Waals surface area contributed by atoms with E-state index in [1.165, 1.54) is 24.3 Å². The van der Waals surface area contributed by atoms with Crippen LogP contribution in [0.1, 0.15) is 5.56 Å². The molecule has 0 atom stereocenters. The normalized spacial score (nSPS) is 12.3. The van der Waals surface area contributed by atoms with Crippen molar-refractivity contribution < 1.29 is 24.9 Å². The molecule has 0 saturated heterocycles. The first kappa shape index (κ1) is 13.8. The molecule has 3 N–H and O–H groups in total. The highest BCUT2D eigenvalue weighted by Crippen LogP contribution is 2.15. The number of carbonyl (C=O) groups excluding carboxylic acids is 1. The zero-order valence-corrected chi connectivity index (χ0v) is 9.76. The van der Waals surface area contributed by atoms with Crippen LogP contribution in [0.5, 0.6) is 0 Å². The highest BCUT2D eigenvalue weighted by atomic mass is 35.5.